The molecule has 100 valence electrons. The van der Waals surface area contributed by atoms with E-state index in [2.05, 4.69) is 17.0 Å². The molecule has 0 spiro atoms. The summed E-state index contributed by atoms with van der Waals surface area (Å²) >= 11 is 1.31. The van der Waals surface area contributed by atoms with Crippen molar-refractivity contribution >= 4 is 34.2 Å². The number of hydrogen-bond donors (Lipinski definition) is 0. The Morgan fingerprint density at radius 1 is 1.00 bits per heavy atom. The highest BCUT2D eigenvalue weighted by Crippen LogP contribution is 2.40. The highest BCUT2D eigenvalue weighted by molar-refractivity contribution is 8.15. The van der Waals surface area contributed by atoms with Crippen LogP contribution in [0.25, 0.3) is 11.6 Å². The van der Waals surface area contributed by atoms with E-state index in [1.54, 1.807) is 0 Å². The predicted molar refractivity (Wildman–Crippen MR) is 85.9 cm³/mol. The third-order valence-corrected chi connectivity index (χ3v) is 4.30. The summed E-state index contributed by atoms with van der Waals surface area (Å²) in [6.45, 7) is 0. The molecular weight excluding hydrogens is 266 g/mol. The standard InChI is InChI=1S/C17H15NOS/c1-18(2)13-9-7-12(8-10-13)11-15-14-5-3-4-6-16(14)20-17(15)19/h3-11H,1-2H3/b15-11+. The van der Waals surface area contributed by atoms with Gasteiger partial charge in [0.2, 0.25) is 5.12 Å². The Morgan fingerprint density at radius 3 is 2.40 bits per heavy atom. The van der Waals surface area contributed by atoms with Gasteiger partial charge < -0.3 is 4.90 Å². The molecule has 0 atom stereocenters. The highest BCUT2D eigenvalue weighted by Gasteiger charge is 2.24. The Hall–Kier alpha value is -2.00. The zero-order chi connectivity index (χ0) is 14.1. The van der Waals surface area contributed by atoms with E-state index in [1.165, 1.54) is 11.8 Å². The van der Waals surface area contributed by atoms with Gasteiger partial charge in [-0.3, -0.25) is 4.79 Å². The van der Waals surface area contributed by atoms with Crippen LogP contribution in [0.15, 0.2) is 53.4 Å². The maximum absolute atomic E-state index is 12.1. The van der Waals surface area contributed by atoms with Crippen molar-refractivity contribution < 1.29 is 4.79 Å². The zero-order valence-electron chi connectivity index (χ0n) is 11.5. The van der Waals surface area contributed by atoms with Crippen molar-refractivity contribution in [1.82, 2.24) is 0 Å². The van der Waals surface area contributed by atoms with Gasteiger partial charge in [0.05, 0.1) is 0 Å². The molecular formula is C17H15NOS. The lowest BCUT2D eigenvalue weighted by molar-refractivity contribution is -0.106. The average molecular weight is 281 g/mol. The van der Waals surface area contributed by atoms with Crippen LogP contribution in [0.3, 0.4) is 0 Å². The van der Waals surface area contributed by atoms with Crippen LogP contribution in [0, 0.1) is 0 Å². The van der Waals surface area contributed by atoms with Crippen molar-refractivity contribution in [2.75, 3.05) is 19.0 Å². The first kappa shape index (κ1) is 13.0. The third kappa shape index (κ3) is 2.37. The molecule has 0 bridgehead atoms. The molecule has 2 aromatic carbocycles. The van der Waals surface area contributed by atoms with Crippen molar-refractivity contribution in [3.05, 3.63) is 59.7 Å². The molecule has 0 radical (unpaired) electrons. The van der Waals surface area contributed by atoms with Crippen LogP contribution in [0.5, 0.6) is 0 Å². The van der Waals surface area contributed by atoms with E-state index in [0.717, 1.165) is 27.3 Å². The molecule has 3 rings (SSSR count). The maximum Gasteiger partial charge on any atom is 0.224 e. The number of anilines is 1. The molecule has 3 heteroatoms. The predicted octanol–water partition coefficient (Wildman–Crippen LogP) is 3.93. The van der Waals surface area contributed by atoms with Crippen molar-refractivity contribution in [3.63, 3.8) is 0 Å². The van der Waals surface area contributed by atoms with Crippen molar-refractivity contribution in [2.45, 2.75) is 4.90 Å². The van der Waals surface area contributed by atoms with Crippen molar-refractivity contribution in [2.24, 2.45) is 0 Å². The summed E-state index contributed by atoms with van der Waals surface area (Å²) in [6.07, 6.45) is 1.97. The van der Waals surface area contributed by atoms with Crippen LogP contribution >= 0.6 is 11.8 Å². The third-order valence-electron chi connectivity index (χ3n) is 3.32. The monoisotopic (exact) mass is 281 g/mol. The van der Waals surface area contributed by atoms with Crippen LogP contribution in [0.1, 0.15) is 11.1 Å². The molecule has 20 heavy (non-hydrogen) atoms. The number of nitrogens with zero attached hydrogens (tertiary/aromatic N) is 1. The molecule has 0 unspecified atom stereocenters. The molecule has 1 heterocycles. The summed E-state index contributed by atoms with van der Waals surface area (Å²) in [5.74, 6) is 0. The van der Waals surface area contributed by atoms with Gasteiger partial charge in [0.15, 0.2) is 0 Å². The largest absolute Gasteiger partial charge is 0.378 e. The highest BCUT2D eigenvalue weighted by atomic mass is 32.2. The van der Waals surface area contributed by atoms with Crippen molar-refractivity contribution in [1.29, 1.82) is 0 Å². The second kappa shape index (κ2) is 5.17. The van der Waals surface area contributed by atoms with E-state index in [0.29, 0.717) is 0 Å². The Labute approximate surface area is 123 Å². The van der Waals surface area contributed by atoms with Crippen LogP contribution in [0.2, 0.25) is 0 Å². The number of benzene rings is 2. The van der Waals surface area contributed by atoms with Gasteiger partial charge in [-0.2, -0.15) is 0 Å². The van der Waals surface area contributed by atoms with E-state index in [9.17, 15) is 4.79 Å². The summed E-state index contributed by atoms with van der Waals surface area (Å²) in [6, 6.07) is 16.1. The van der Waals surface area contributed by atoms with Crippen LogP contribution in [-0.4, -0.2) is 19.2 Å². The fourth-order valence-corrected chi connectivity index (χ4v) is 3.13. The first-order valence-electron chi connectivity index (χ1n) is 6.46. The maximum atomic E-state index is 12.1. The quantitative estimate of drug-likeness (QED) is 0.778. The molecule has 0 aromatic heterocycles. The van der Waals surface area contributed by atoms with Gasteiger partial charge in [0.1, 0.15) is 0 Å². The molecule has 0 fully saturated rings. The molecule has 0 saturated heterocycles. The molecule has 0 N–H and O–H groups in total. The fraction of sp³-hybridized carbons (Fsp3) is 0.118. The average Bonchev–Trinajstić information content (AvgIpc) is 2.76. The van der Waals surface area contributed by atoms with Gasteiger partial charge in [0, 0.05) is 35.8 Å². The molecule has 2 aromatic rings. The van der Waals surface area contributed by atoms with Crippen molar-refractivity contribution in [3.8, 4) is 0 Å². The first-order valence-corrected chi connectivity index (χ1v) is 7.27. The van der Waals surface area contributed by atoms with Gasteiger partial charge in [0.25, 0.3) is 0 Å². The number of hydrogen-bond acceptors (Lipinski definition) is 3. The normalized spacial score (nSPS) is 15.5. The Kier molecular flexibility index (Phi) is 3.36. The Morgan fingerprint density at radius 2 is 1.70 bits per heavy atom. The minimum Gasteiger partial charge on any atom is -0.378 e. The summed E-state index contributed by atoms with van der Waals surface area (Å²) in [5.41, 5.74) is 4.04. The molecule has 2 nitrogen and oxygen atoms in total. The Balaban J connectivity index is 1.98. The Bertz CT molecular complexity index is 686. The minimum absolute atomic E-state index is 0.128. The SMILES string of the molecule is CN(C)c1ccc(/C=C2/C(=O)Sc3ccccc32)cc1. The summed E-state index contributed by atoms with van der Waals surface area (Å²) < 4.78 is 0. The van der Waals surface area contributed by atoms with Crippen LogP contribution in [0.4, 0.5) is 5.69 Å². The van der Waals surface area contributed by atoms with Crippen LogP contribution in [-0.2, 0) is 4.79 Å². The van der Waals surface area contributed by atoms with Gasteiger partial charge in [-0.25, -0.2) is 0 Å². The number of fused-ring (bicyclic) bond motifs is 1. The summed E-state index contributed by atoms with van der Waals surface area (Å²) in [5, 5.41) is 0.128. The van der Waals surface area contributed by atoms with E-state index in [-0.39, 0.29) is 5.12 Å². The molecule has 0 aliphatic carbocycles. The summed E-state index contributed by atoms with van der Waals surface area (Å²) in [4.78, 5) is 15.2. The van der Waals surface area contributed by atoms with E-state index in [4.69, 9.17) is 0 Å². The van der Waals surface area contributed by atoms with E-state index >= 15 is 0 Å². The second-order valence-electron chi connectivity index (χ2n) is 4.93. The molecule has 1 aliphatic rings. The number of thioether (sulfide) groups is 1. The number of rotatable bonds is 2. The zero-order valence-corrected chi connectivity index (χ0v) is 12.3. The topological polar surface area (TPSA) is 20.3 Å². The molecule has 0 saturated carbocycles. The minimum atomic E-state index is 0.128. The smallest absolute Gasteiger partial charge is 0.224 e. The van der Waals surface area contributed by atoms with Gasteiger partial charge in [-0.1, -0.05) is 30.3 Å². The lowest BCUT2D eigenvalue weighted by Crippen LogP contribution is -2.07. The van der Waals surface area contributed by atoms with Gasteiger partial charge >= 0.3 is 0 Å². The molecule has 0 amide bonds. The van der Waals surface area contributed by atoms with E-state index < -0.39 is 0 Å². The second-order valence-corrected chi connectivity index (χ2v) is 5.94. The lowest BCUT2D eigenvalue weighted by atomic mass is 10.0. The first-order chi connectivity index (χ1) is 9.65. The fourth-order valence-electron chi connectivity index (χ4n) is 2.21. The lowest BCUT2D eigenvalue weighted by Gasteiger charge is -2.11. The number of carbonyl (C=O) groups excluding carboxylic acids is 1. The summed E-state index contributed by atoms with van der Waals surface area (Å²) in [7, 11) is 4.03. The van der Waals surface area contributed by atoms with Crippen LogP contribution < -0.4 is 4.90 Å². The van der Waals surface area contributed by atoms with Gasteiger partial charge in [-0.15, -0.1) is 0 Å². The van der Waals surface area contributed by atoms with E-state index in [1.807, 2.05) is 56.6 Å². The molecule has 1 aliphatic heterocycles. The number of carbonyl (C=O) groups is 1. The van der Waals surface area contributed by atoms with Gasteiger partial charge in [-0.05, 0) is 41.6 Å².